The molecule has 0 aliphatic carbocycles. The Morgan fingerprint density at radius 2 is 1.60 bits per heavy atom. The van der Waals surface area contributed by atoms with Gasteiger partial charge in [0.2, 0.25) is 17.7 Å². The minimum atomic E-state index is -0.768. The van der Waals surface area contributed by atoms with Crippen LogP contribution in [0.4, 0.5) is 10.2 Å². The number of piperazine rings is 1. The molecule has 81 heavy (non-hydrogen) atoms. The molecule has 6 aromatic rings. The van der Waals surface area contributed by atoms with E-state index in [4.69, 9.17) is 19.7 Å². The highest BCUT2D eigenvalue weighted by Crippen LogP contribution is 2.40. The number of anilines is 1. The molecule has 5 atom stereocenters. The van der Waals surface area contributed by atoms with Crippen LogP contribution in [0.15, 0.2) is 66.3 Å². The van der Waals surface area contributed by atoms with Crippen LogP contribution >= 0.6 is 11.3 Å². The van der Waals surface area contributed by atoms with Gasteiger partial charge in [0.1, 0.15) is 41.5 Å². The van der Waals surface area contributed by atoms with E-state index in [2.05, 4.69) is 54.7 Å². The summed E-state index contributed by atoms with van der Waals surface area (Å²) in [5.74, 6) is 0.820. The molecule has 0 radical (unpaired) electrons. The minimum Gasteiger partial charge on any atom is -0.508 e. The van der Waals surface area contributed by atoms with E-state index >= 15 is 4.39 Å². The van der Waals surface area contributed by atoms with Crippen molar-refractivity contribution in [1.82, 2.24) is 50.6 Å². The third-order valence-electron chi connectivity index (χ3n) is 18.0. The zero-order valence-electron chi connectivity index (χ0n) is 48.0. The van der Waals surface area contributed by atoms with Gasteiger partial charge in [-0.3, -0.25) is 29.2 Å². The van der Waals surface area contributed by atoms with E-state index < -0.39 is 23.3 Å². The van der Waals surface area contributed by atoms with Gasteiger partial charge in [0.25, 0.3) is 0 Å². The summed E-state index contributed by atoms with van der Waals surface area (Å²) in [7, 11) is 0. The number of aromatic hydroxyl groups is 1. The Labute approximate surface area is 479 Å². The number of halogens is 1. The number of phenolic OH excluding ortho intramolecular Hbond substituents is 1. The summed E-state index contributed by atoms with van der Waals surface area (Å²) in [6.45, 7) is 18.9. The second kappa shape index (κ2) is 24.2. The van der Waals surface area contributed by atoms with Crippen LogP contribution in [0, 0.1) is 30.0 Å². The van der Waals surface area contributed by atoms with Gasteiger partial charge < -0.3 is 35.6 Å². The Morgan fingerprint density at radius 1 is 0.889 bits per heavy atom. The summed E-state index contributed by atoms with van der Waals surface area (Å²) in [4.78, 5) is 70.4. The average Bonchev–Trinajstić information content (AvgIpc) is 4.29. The second-order valence-corrected chi connectivity index (χ2v) is 25.5. The first kappa shape index (κ1) is 56.5. The first-order valence-electron chi connectivity index (χ1n) is 29.7. The van der Waals surface area contributed by atoms with E-state index in [1.54, 1.807) is 34.6 Å². The van der Waals surface area contributed by atoms with E-state index in [0.29, 0.717) is 66.8 Å². The Kier molecular flexibility index (Phi) is 16.9. The van der Waals surface area contributed by atoms with Crippen molar-refractivity contribution in [3.8, 4) is 33.5 Å². The molecule has 11 rings (SSSR count). The number of hydrogen-bond donors (Lipinski definition) is 4. The van der Waals surface area contributed by atoms with Crippen molar-refractivity contribution in [2.45, 2.75) is 136 Å². The molecule has 5 aliphatic rings. The Morgan fingerprint density at radius 3 is 2.28 bits per heavy atom. The van der Waals surface area contributed by atoms with Crippen LogP contribution in [0.2, 0.25) is 0 Å². The number of fused-ring (bicyclic) bond motifs is 4. The Balaban J connectivity index is 0.648. The molecule has 0 saturated carbocycles. The number of carbonyl (C=O) groups is 3. The lowest BCUT2D eigenvalue weighted by atomic mass is 9.83. The summed E-state index contributed by atoms with van der Waals surface area (Å²) in [5, 5.41) is 23.0. The van der Waals surface area contributed by atoms with E-state index in [-0.39, 0.29) is 53.3 Å². The third-order valence-corrected chi connectivity index (χ3v) is 18.9. The molecule has 5 saturated heterocycles. The van der Waals surface area contributed by atoms with Crippen LogP contribution < -0.4 is 25.6 Å². The van der Waals surface area contributed by atoms with Gasteiger partial charge in [0, 0.05) is 50.0 Å². The number of carbonyl (C=O) groups excluding carboxylic acids is 3. The number of rotatable bonds is 17. The number of aryl methyl sites for hydroxylation is 2. The number of amides is 3. The lowest BCUT2D eigenvalue weighted by Gasteiger charge is -2.38. The molecule has 3 amide bonds. The number of benzene rings is 3. The van der Waals surface area contributed by atoms with Crippen molar-refractivity contribution >= 4 is 56.6 Å². The van der Waals surface area contributed by atoms with E-state index in [1.165, 1.54) is 6.42 Å². The van der Waals surface area contributed by atoms with Gasteiger partial charge in [-0.2, -0.15) is 9.97 Å². The van der Waals surface area contributed by atoms with Crippen molar-refractivity contribution in [2.24, 2.45) is 17.3 Å². The third kappa shape index (κ3) is 12.5. The predicted octanol–water partition coefficient (Wildman–Crippen LogP) is 9.22. The number of hydrogen-bond acceptors (Lipinski definition) is 14. The fourth-order valence-electron chi connectivity index (χ4n) is 13.4. The highest BCUT2D eigenvalue weighted by molar-refractivity contribution is 7.13. The first-order chi connectivity index (χ1) is 39.1. The summed E-state index contributed by atoms with van der Waals surface area (Å²) >= 11 is 1.61. The standard InChI is InChI=1S/C63H80FN11O5S/c1-7-42-10-8-11-45-31-48(76)32-49(53(42)45)55-54(64)56-50(33-65-55)59(74-34-46-17-18-47(35-74)68-46)71-62(70-56)80-29-28-72-24-19-40(20-25-72)30-41-21-26-73(27-22-41)36-52(77)69-58(63(4,5)6)61(79)75-23-9-12-51(75)60(78)67-38(2)43-13-15-44(16-14-43)57-39(3)66-37-81-57/h8,10-11,13-16,31-33,37-38,40-41,46-47,51,58,68,76H,7,9,12,17-30,34-36H2,1-6H3,(H,67,78)(H,69,77). The predicted molar refractivity (Wildman–Crippen MR) is 317 cm³/mol. The van der Waals surface area contributed by atoms with E-state index in [9.17, 15) is 19.5 Å². The van der Waals surface area contributed by atoms with Gasteiger partial charge in [-0.25, -0.2) is 9.37 Å². The molecule has 430 valence electrons. The maximum absolute atomic E-state index is 17.1. The van der Waals surface area contributed by atoms with Gasteiger partial charge in [0.05, 0.1) is 34.1 Å². The zero-order chi connectivity index (χ0) is 56.5. The minimum absolute atomic E-state index is 0.0474. The van der Waals surface area contributed by atoms with Crippen molar-refractivity contribution < 1.29 is 28.6 Å². The van der Waals surface area contributed by atoms with Gasteiger partial charge in [-0.1, -0.05) is 70.2 Å². The van der Waals surface area contributed by atoms with Gasteiger partial charge in [-0.05, 0) is 161 Å². The number of nitrogens with one attached hydrogen (secondary N) is 3. The normalized spacial score (nSPS) is 21.2. The van der Waals surface area contributed by atoms with E-state index in [1.807, 2.05) is 70.5 Å². The summed E-state index contributed by atoms with van der Waals surface area (Å²) in [5.41, 5.74) is 6.24. The fraction of sp³-hybridized carbons (Fsp3) is 0.540. The average molecular weight is 1120 g/mol. The second-order valence-electron chi connectivity index (χ2n) is 24.7. The molecule has 16 nitrogen and oxygen atoms in total. The molecular weight excluding hydrogens is 1040 g/mol. The fourth-order valence-corrected chi connectivity index (χ4v) is 14.3. The number of nitrogens with zero attached hydrogens (tertiary/aromatic N) is 8. The molecule has 4 N–H and O–H groups in total. The Bertz CT molecular complexity index is 3230. The highest BCUT2D eigenvalue weighted by atomic mass is 32.1. The van der Waals surface area contributed by atoms with Gasteiger partial charge in [0.15, 0.2) is 5.82 Å². The van der Waals surface area contributed by atoms with Crippen LogP contribution in [0.5, 0.6) is 11.8 Å². The molecule has 2 bridgehead atoms. The lowest BCUT2D eigenvalue weighted by molar-refractivity contribution is -0.144. The summed E-state index contributed by atoms with van der Waals surface area (Å²) in [6.07, 6.45) is 11.4. The van der Waals surface area contributed by atoms with Crippen LogP contribution in [0.25, 0.3) is 43.4 Å². The molecule has 8 heterocycles. The summed E-state index contributed by atoms with van der Waals surface area (Å²) < 4.78 is 23.5. The molecule has 5 aliphatic heterocycles. The number of thiazole rings is 1. The SMILES string of the molecule is CCc1cccc2cc(O)cc(-c3ncc4c(N5CC6CCC(C5)N6)nc(OCCN5CCC(CC6CCN(CC(=O)NC(C(=O)N7CCCC7C(=O)NC(C)c7ccc(-c8scnc8C)cc7)C(C)(C)C)CC6)CC5)nc4c3F)c12. The van der Waals surface area contributed by atoms with Crippen molar-refractivity contribution in [2.75, 3.05) is 70.4 Å². The summed E-state index contributed by atoms with van der Waals surface area (Å²) in [6, 6.07) is 16.6. The number of ether oxygens (including phenoxy) is 1. The largest absolute Gasteiger partial charge is 0.508 e. The molecule has 5 fully saturated rings. The van der Waals surface area contributed by atoms with E-state index in [0.717, 1.165) is 129 Å². The molecule has 0 spiro atoms. The molecular formula is C63H80FN11O5S. The smallest absolute Gasteiger partial charge is 0.319 e. The maximum atomic E-state index is 17.1. The van der Waals surface area contributed by atoms with Crippen LogP contribution in [-0.4, -0.2) is 147 Å². The number of piperidine rings is 2. The number of aromatic nitrogens is 4. The van der Waals surface area contributed by atoms with Crippen molar-refractivity contribution in [1.29, 1.82) is 0 Å². The number of likely N-dealkylation sites (tertiary alicyclic amines) is 3. The van der Waals surface area contributed by atoms with Crippen LogP contribution in [-0.2, 0) is 20.8 Å². The van der Waals surface area contributed by atoms with Crippen molar-refractivity contribution in [3.63, 3.8) is 0 Å². The highest BCUT2D eigenvalue weighted by Gasteiger charge is 2.43. The lowest BCUT2D eigenvalue weighted by Crippen LogP contribution is -2.58. The zero-order valence-corrected chi connectivity index (χ0v) is 48.8. The quantitative estimate of drug-likeness (QED) is 0.0680. The monoisotopic (exact) mass is 1120 g/mol. The van der Waals surface area contributed by atoms with Gasteiger partial charge in [-0.15, -0.1) is 11.3 Å². The molecule has 3 aromatic heterocycles. The maximum Gasteiger partial charge on any atom is 0.319 e. The number of pyridine rings is 1. The van der Waals surface area contributed by atoms with Crippen molar-refractivity contribution in [3.05, 3.63) is 88.9 Å². The Hall–Kier alpha value is -6.34. The van der Waals surface area contributed by atoms with Crippen LogP contribution in [0.3, 0.4) is 0 Å². The molecule has 3 aromatic carbocycles. The topological polar surface area (TPSA) is 181 Å². The number of phenols is 1. The molecule has 18 heteroatoms. The first-order valence-corrected chi connectivity index (χ1v) is 30.5. The van der Waals surface area contributed by atoms with Gasteiger partial charge >= 0.3 is 6.01 Å². The van der Waals surface area contributed by atoms with Crippen LogP contribution in [0.1, 0.15) is 115 Å². The molecule has 5 unspecified atom stereocenters.